The number of unbranched alkanes of at least 4 members (excludes halogenated alkanes) is 1. The number of amides is 2. The van der Waals surface area contributed by atoms with Crippen LogP contribution in [0.3, 0.4) is 0 Å². The summed E-state index contributed by atoms with van der Waals surface area (Å²) in [6, 6.07) is 6.21. The van der Waals surface area contributed by atoms with Crippen LogP contribution >= 0.6 is 0 Å². The Morgan fingerprint density at radius 1 is 1.25 bits per heavy atom. The molecular formula is C22H33N5O4S. The first-order valence-electron chi connectivity index (χ1n) is 11.0. The summed E-state index contributed by atoms with van der Waals surface area (Å²) in [5.74, 6) is -0.827. The van der Waals surface area contributed by atoms with Crippen molar-refractivity contribution in [3.63, 3.8) is 0 Å². The zero-order valence-electron chi connectivity index (χ0n) is 18.9. The van der Waals surface area contributed by atoms with Gasteiger partial charge in [0.1, 0.15) is 6.04 Å². The van der Waals surface area contributed by atoms with Gasteiger partial charge in [0.25, 0.3) is 5.91 Å². The average Bonchev–Trinajstić information content (AvgIpc) is 3.25. The number of rotatable bonds is 8. The fourth-order valence-electron chi connectivity index (χ4n) is 3.94. The normalized spacial score (nSPS) is 19.1. The highest BCUT2D eigenvalue weighted by Gasteiger charge is 2.37. The van der Waals surface area contributed by atoms with Gasteiger partial charge in [0.15, 0.2) is 15.5 Å². The van der Waals surface area contributed by atoms with E-state index >= 15 is 0 Å². The summed E-state index contributed by atoms with van der Waals surface area (Å²) in [5.41, 5.74) is 6.12. The lowest BCUT2D eigenvalue weighted by Gasteiger charge is -2.31. The van der Waals surface area contributed by atoms with Crippen LogP contribution < -0.4 is 16.4 Å². The van der Waals surface area contributed by atoms with E-state index in [0.29, 0.717) is 24.9 Å². The Balaban J connectivity index is 1.81. The van der Waals surface area contributed by atoms with Crippen LogP contribution in [0.5, 0.6) is 0 Å². The predicted octanol–water partition coefficient (Wildman–Crippen LogP) is 1.22. The molecule has 10 heteroatoms. The van der Waals surface area contributed by atoms with Crippen LogP contribution in [0, 0.1) is 5.41 Å². The Labute approximate surface area is 189 Å². The molecule has 2 atom stereocenters. The lowest BCUT2D eigenvalue weighted by molar-refractivity contribution is -0.125. The molecule has 0 bridgehead atoms. The summed E-state index contributed by atoms with van der Waals surface area (Å²) in [5, 5.41) is 10.9. The van der Waals surface area contributed by atoms with Crippen LogP contribution in [0.2, 0.25) is 0 Å². The van der Waals surface area contributed by atoms with Gasteiger partial charge in [0, 0.05) is 18.0 Å². The molecule has 2 amide bonds. The van der Waals surface area contributed by atoms with E-state index in [9.17, 15) is 18.0 Å². The Bertz CT molecular complexity index is 1090. The van der Waals surface area contributed by atoms with E-state index in [2.05, 4.69) is 15.7 Å². The number of nitrogens with two attached hydrogens (primary N) is 1. The number of carbonyl (C=O) groups is 2. The molecule has 176 valence electrons. The smallest absolute Gasteiger partial charge is 0.273 e. The number of fused-ring (bicyclic) bond motifs is 1. The number of aromatic nitrogens is 2. The molecule has 1 saturated heterocycles. The van der Waals surface area contributed by atoms with Crippen molar-refractivity contribution in [1.29, 1.82) is 0 Å². The monoisotopic (exact) mass is 463 g/mol. The number of aryl methyl sites for hydroxylation is 1. The van der Waals surface area contributed by atoms with E-state index in [1.807, 2.05) is 45.0 Å². The summed E-state index contributed by atoms with van der Waals surface area (Å²) in [4.78, 5) is 26.2. The van der Waals surface area contributed by atoms with E-state index in [-0.39, 0.29) is 23.1 Å². The third-order valence-electron chi connectivity index (χ3n) is 5.68. The molecule has 2 unspecified atom stereocenters. The minimum Gasteiger partial charge on any atom is -0.351 e. The van der Waals surface area contributed by atoms with E-state index in [4.69, 9.17) is 5.73 Å². The molecule has 1 aromatic heterocycles. The van der Waals surface area contributed by atoms with Crippen molar-refractivity contribution in [3.8, 4) is 0 Å². The zero-order chi connectivity index (χ0) is 23.5. The van der Waals surface area contributed by atoms with Crippen molar-refractivity contribution in [2.75, 3.05) is 18.1 Å². The lowest BCUT2D eigenvalue weighted by atomic mass is 9.85. The van der Waals surface area contributed by atoms with Gasteiger partial charge in [-0.2, -0.15) is 5.10 Å². The fraction of sp³-hybridized carbons (Fsp3) is 0.591. The largest absolute Gasteiger partial charge is 0.351 e. The Morgan fingerprint density at radius 3 is 2.59 bits per heavy atom. The van der Waals surface area contributed by atoms with Gasteiger partial charge in [-0.1, -0.05) is 39.0 Å². The zero-order valence-corrected chi connectivity index (χ0v) is 19.7. The number of sulfone groups is 1. The van der Waals surface area contributed by atoms with Crippen LogP contribution in [0.15, 0.2) is 24.3 Å². The number of hydrogen-bond acceptors (Lipinski definition) is 6. The molecule has 1 aromatic carbocycles. The average molecular weight is 464 g/mol. The number of nitrogens with one attached hydrogen (secondary N) is 2. The number of para-hydroxylation sites is 1. The Morgan fingerprint density at radius 2 is 1.97 bits per heavy atom. The maximum Gasteiger partial charge on any atom is 0.273 e. The number of hydrogen-bond donors (Lipinski definition) is 3. The summed E-state index contributed by atoms with van der Waals surface area (Å²) in [6.45, 7) is 6.80. The van der Waals surface area contributed by atoms with Gasteiger partial charge in [-0.25, -0.2) is 8.42 Å². The standard InChI is InChI=1S/C22H33N5O4S/c1-22(2,3)19(21(29)24-15-10-13-32(30,31)14-15)25-20(28)18-16-8-4-5-9-17(16)27(26-18)12-7-6-11-23/h4-5,8-9,15,19H,6-7,10-14,23H2,1-3H3,(H,24,29)(H,25,28). The Hall–Kier alpha value is -2.46. The molecule has 2 aromatic rings. The summed E-state index contributed by atoms with van der Waals surface area (Å²) in [6.07, 6.45) is 2.09. The highest BCUT2D eigenvalue weighted by atomic mass is 32.2. The van der Waals surface area contributed by atoms with Crippen molar-refractivity contribution in [3.05, 3.63) is 30.0 Å². The van der Waals surface area contributed by atoms with Gasteiger partial charge in [-0.3, -0.25) is 14.3 Å². The molecule has 3 rings (SSSR count). The van der Waals surface area contributed by atoms with Gasteiger partial charge < -0.3 is 16.4 Å². The first kappa shape index (κ1) is 24.2. The highest BCUT2D eigenvalue weighted by molar-refractivity contribution is 7.91. The van der Waals surface area contributed by atoms with Crippen LogP contribution in [0.4, 0.5) is 0 Å². The van der Waals surface area contributed by atoms with Crippen LogP contribution in [0.1, 0.15) is 50.5 Å². The predicted molar refractivity (Wildman–Crippen MR) is 124 cm³/mol. The topological polar surface area (TPSA) is 136 Å². The second-order valence-electron chi connectivity index (χ2n) is 9.47. The second-order valence-corrected chi connectivity index (χ2v) is 11.7. The van der Waals surface area contributed by atoms with E-state index in [0.717, 1.165) is 18.4 Å². The molecule has 0 saturated carbocycles. The molecule has 0 spiro atoms. The van der Waals surface area contributed by atoms with E-state index < -0.39 is 33.2 Å². The molecule has 0 radical (unpaired) electrons. The minimum absolute atomic E-state index is 0.0675. The third kappa shape index (κ3) is 5.66. The summed E-state index contributed by atoms with van der Waals surface area (Å²) in [7, 11) is -3.12. The van der Waals surface area contributed by atoms with Gasteiger partial charge in [0.05, 0.1) is 17.0 Å². The lowest BCUT2D eigenvalue weighted by Crippen LogP contribution is -2.55. The van der Waals surface area contributed by atoms with Crippen molar-refractivity contribution >= 4 is 32.6 Å². The van der Waals surface area contributed by atoms with Crippen LogP contribution in [0.25, 0.3) is 10.9 Å². The second kappa shape index (κ2) is 9.58. The van der Waals surface area contributed by atoms with Crippen LogP contribution in [-0.2, 0) is 21.2 Å². The van der Waals surface area contributed by atoms with Gasteiger partial charge >= 0.3 is 0 Å². The maximum atomic E-state index is 13.2. The highest BCUT2D eigenvalue weighted by Crippen LogP contribution is 2.23. The molecule has 2 heterocycles. The minimum atomic E-state index is -3.12. The first-order valence-corrected chi connectivity index (χ1v) is 12.8. The molecular weight excluding hydrogens is 430 g/mol. The van der Waals surface area contributed by atoms with Crippen molar-refractivity contribution in [1.82, 2.24) is 20.4 Å². The first-order chi connectivity index (χ1) is 15.0. The molecule has 4 N–H and O–H groups in total. The van der Waals surface area contributed by atoms with Crippen molar-refractivity contribution in [2.24, 2.45) is 11.1 Å². The summed E-state index contributed by atoms with van der Waals surface area (Å²) >= 11 is 0. The fourth-order valence-corrected chi connectivity index (χ4v) is 5.61. The van der Waals surface area contributed by atoms with Crippen LogP contribution in [-0.4, -0.2) is 60.1 Å². The van der Waals surface area contributed by atoms with Crippen molar-refractivity contribution in [2.45, 2.75) is 58.7 Å². The molecule has 0 aliphatic carbocycles. The molecule has 1 fully saturated rings. The molecule has 1 aliphatic heterocycles. The number of carbonyl (C=O) groups excluding carboxylic acids is 2. The SMILES string of the molecule is CC(C)(C)C(NC(=O)c1nn(CCCCN)c2ccccc12)C(=O)NC1CCS(=O)(=O)C1. The molecule has 32 heavy (non-hydrogen) atoms. The third-order valence-corrected chi connectivity index (χ3v) is 7.45. The quantitative estimate of drug-likeness (QED) is 0.504. The van der Waals surface area contributed by atoms with Gasteiger partial charge in [-0.05, 0) is 37.3 Å². The summed E-state index contributed by atoms with van der Waals surface area (Å²) < 4.78 is 25.3. The number of nitrogens with zero attached hydrogens (tertiary/aromatic N) is 2. The van der Waals surface area contributed by atoms with Crippen molar-refractivity contribution < 1.29 is 18.0 Å². The van der Waals surface area contributed by atoms with Gasteiger partial charge in [0.2, 0.25) is 5.91 Å². The van der Waals surface area contributed by atoms with E-state index in [1.165, 1.54) is 0 Å². The Kier molecular flexibility index (Phi) is 7.24. The number of benzene rings is 1. The molecule has 9 nitrogen and oxygen atoms in total. The molecule has 1 aliphatic rings. The maximum absolute atomic E-state index is 13.2. The van der Waals surface area contributed by atoms with E-state index in [1.54, 1.807) is 4.68 Å². The van der Waals surface area contributed by atoms with Gasteiger partial charge in [-0.15, -0.1) is 0 Å².